The van der Waals surface area contributed by atoms with Crippen molar-refractivity contribution in [2.24, 2.45) is 0 Å². The first-order chi connectivity index (χ1) is 8.74. The minimum Gasteiger partial charge on any atom is -0.362 e. The number of ketones is 1. The lowest BCUT2D eigenvalue weighted by Crippen LogP contribution is -2.35. The number of Topliss-reactive ketones (excluding diaryl/α,β-unsaturated/α-hetero) is 1. The molecule has 1 aromatic carbocycles. The molecule has 0 heterocycles. The molecule has 0 atom stereocenters. The number of halogens is 4. The number of alkyl halides is 3. The first-order valence-corrected chi connectivity index (χ1v) is 6.66. The fourth-order valence-electron chi connectivity index (χ4n) is 1.84. The van der Waals surface area contributed by atoms with E-state index in [1.165, 1.54) is 11.8 Å². The molecule has 0 unspecified atom stereocenters. The van der Waals surface area contributed by atoms with Gasteiger partial charge in [0.2, 0.25) is 0 Å². The van der Waals surface area contributed by atoms with E-state index in [2.05, 4.69) is 15.9 Å². The maximum Gasteiger partial charge on any atom is 0.405 e. The van der Waals surface area contributed by atoms with E-state index in [0.717, 1.165) is 0 Å². The molecule has 0 aliphatic carbocycles. The van der Waals surface area contributed by atoms with Gasteiger partial charge >= 0.3 is 6.18 Å². The van der Waals surface area contributed by atoms with E-state index in [4.69, 9.17) is 0 Å². The van der Waals surface area contributed by atoms with E-state index >= 15 is 0 Å². The Hall–Kier alpha value is -1.04. The van der Waals surface area contributed by atoms with Crippen LogP contribution in [0.3, 0.4) is 0 Å². The van der Waals surface area contributed by atoms with Gasteiger partial charge in [0, 0.05) is 22.3 Å². The highest BCUT2D eigenvalue weighted by Crippen LogP contribution is 2.29. The van der Waals surface area contributed by atoms with Gasteiger partial charge < -0.3 is 4.90 Å². The van der Waals surface area contributed by atoms with E-state index < -0.39 is 12.7 Å². The van der Waals surface area contributed by atoms with Crippen molar-refractivity contribution in [2.45, 2.75) is 26.4 Å². The zero-order chi connectivity index (χ0) is 14.6. The molecule has 0 N–H and O–H groups in total. The number of hydrogen-bond donors (Lipinski definition) is 0. The number of benzene rings is 1. The Labute approximate surface area is 118 Å². The van der Waals surface area contributed by atoms with Crippen molar-refractivity contribution in [3.8, 4) is 0 Å². The highest BCUT2D eigenvalue weighted by molar-refractivity contribution is 9.10. The fraction of sp³-hybridized carbons (Fsp3) is 0.462. The van der Waals surface area contributed by atoms with Crippen LogP contribution in [-0.4, -0.2) is 25.0 Å². The lowest BCUT2D eigenvalue weighted by atomic mass is 10.1. The van der Waals surface area contributed by atoms with Crippen LogP contribution in [0.15, 0.2) is 22.7 Å². The Morgan fingerprint density at radius 2 is 2.00 bits per heavy atom. The van der Waals surface area contributed by atoms with Crippen LogP contribution in [0.25, 0.3) is 0 Å². The lowest BCUT2D eigenvalue weighted by Gasteiger charge is -2.27. The van der Waals surface area contributed by atoms with E-state index in [1.807, 2.05) is 0 Å². The van der Waals surface area contributed by atoms with Crippen LogP contribution in [0.4, 0.5) is 18.9 Å². The van der Waals surface area contributed by atoms with Gasteiger partial charge in [0.1, 0.15) is 6.54 Å². The maximum absolute atomic E-state index is 12.6. The van der Waals surface area contributed by atoms with E-state index in [0.29, 0.717) is 22.1 Å². The van der Waals surface area contributed by atoms with Crippen molar-refractivity contribution in [3.05, 3.63) is 28.2 Å². The molecular weight excluding hydrogens is 323 g/mol. The van der Waals surface area contributed by atoms with Crippen molar-refractivity contribution in [3.63, 3.8) is 0 Å². The number of carbonyl (C=O) groups is 1. The van der Waals surface area contributed by atoms with Gasteiger partial charge in [-0.25, -0.2) is 0 Å². The number of carbonyl (C=O) groups excluding carboxylic acids is 1. The standard InChI is InChI=1S/C13H15BrF3NO/c1-3-6-18(8-13(15,16)17)12-7-10(14)4-5-11(12)9(2)19/h4-5,7H,3,6,8H2,1-2H3. The fourth-order valence-corrected chi connectivity index (χ4v) is 2.18. The summed E-state index contributed by atoms with van der Waals surface area (Å²) in [5, 5.41) is 0. The number of hydrogen-bond acceptors (Lipinski definition) is 2. The van der Waals surface area contributed by atoms with Crippen LogP contribution in [-0.2, 0) is 0 Å². The molecular formula is C13H15BrF3NO. The summed E-state index contributed by atoms with van der Waals surface area (Å²) < 4.78 is 38.5. The van der Waals surface area contributed by atoms with Crippen molar-refractivity contribution in [1.82, 2.24) is 0 Å². The van der Waals surface area contributed by atoms with Gasteiger partial charge in [-0.2, -0.15) is 13.2 Å². The Morgan fingerprint density at radius 3 is 2.47 bits per heavy atom. The Bertz CT molecular complexity index is 460. The van der Waals surface area contributed by atoms with Gasteiger partial charge in [-0.1, -0.05) is 22.9 Å². The van der Waals surface area contributed by atoms with Crippen molar-refractivity contribution in [2.75, 3.05) is 18.0 Å². The second-order valence-corrected chi connectivity index (χ2v) is 5.17. The largest absolute Gasteiger partial charge is 0.405 e. The molecule has 0 spiro atoms. The second kappa shape index (κ2) is 6.41. The van der Waals surface area contributed by atoms with Gasteiger partial charge in [0.25, 0.3) is 0 Å². The molecule has 1 aromatic rings. The van der Waals surface area contributed by atoms with Crippen LogP contribution in [0.5, 0.6) is 0 Å². The third-order valence-corrected chi connectivity index (χ3v) is 3.04. The molecule has 0 saturated heterocycles. The van der Waals surface area contributed by atoms with Gasteiger partial charge in [0.15, 0.2) is 5.78 Å². The van der Waals surface area contributed by atoms with Crippen molar-refractivity contribution >= 4 is 27.4 Å². The van der Waals surface area contributed by atoms with Gasteiger partial charge in [0.05, 0.1) is 0 Å². The summed E-state index contributed by atoms with van der Waals surface area (Å²) in [6.45, 7) is 2.34. The Morgan fingerprint density at radius 1 is 1.37 bits per heavy atom. The topological polar surface area (TPSA) is 20.3 Å². The molecule has 0 aliphatic rings. The molecule has 6 heteroatoms. The SMILES string of the molecule is CCCN(CC(F)(F)F)c1cc(Br)ccc1C(C)=O. The zero-order valence-corrected chi connectivity index (χ0v) is 12.3. The second-order valence-electron chi connectivity index (χ2n) is 4.25. The van der Waals surface area contributed by atoms with E-state index in [-0.39, 0.29) is 12.3 Å². The van der Waals surface area contributed by atoms with Crippen molar-refractivity contribution in [1.29, 1.82) is 0 Å². The summed E-state index contributed by atoms with van der Waals surface area (Å²) in [6.07, 6.45) is -3.73. The first-order valence-electron chi connectivity index (χ1n) is 5.86. The normalized spacial score (nSPS) is 11.5. The van der Waals surface area contributed by atoms with Crippen LogP contribution in [0.1, 0.15) is 30.6 Å². The first kappa shape index (κ1) is 16.0. The van der Waals surface area contributed by atoms with Crippen LogP contribution in [0, 0.1) is 0 Å². The molecule has 106 valence electrons. The molecule has 0 aliphatic heterocycles. The van der Waals surface area contributed by atoms with E-state index in [9.17, 15) is 18.0 Å². The molecule has 0 amide bonds. The quantitative estimate of drug-likeness (QED) is 0.741. The van der Waals surface area contributed by atoms with Gasteiger partial charge in [-0.3, -0.25) is 4.79 Å². The zero-order valence-electron chi connectivity index (χ0n) is 10.7. The Balaban J connectivity index is 3.20. The minimum atomic E-state index is -4.30. The smallest absolute Gasteiger partial charge is 0.362 e. The Kier molecular flexibility index (Phi) is 5.40. The summed E-state index contributed by atoms with van der Waals surface area (Å²) >= 11 is 3.23. The average molecular weight is 338 g/mol. The van der Waals surface area contributed by atoms with Gasteiger partial charge in [-0.15, -0.1) is 0 Å². The summed E-state index contributed by atoms with van der Waals surface area (Å²) in [7, 11) is 0. The highest BCUT2D eigenvalue weighted by atomic mass is 79.9. The molecule has 0 fully saturated rings. The number of rotatable bonds is 5. The number of anilines is 1. The lowest BCUT2D eigenvalue weighted by molar-refractivity contribution is -0.119. The third kappa shape index (κ3) is 4.86. The molecule has 1 rings (SSSR count). The van der Waals surface area contributed by atoms with Crippen LogP contribution in [0.2, 0.25) is 0 Å². The predicted octanol–water partition coefficient (Wildman–Crippen LogP) is 4.43. The monoisotopic (exact) mass is 337 g/mol. The molecule has 0 bridgehead atoms. The minimum absolute atomic E-state index is 0.245. The van der Waals surface area contributed by atoms with E-state index in [1.54, 1.807) is 25.1 Å². The highest BCUT2D eigenvalue weighted by Gasteiger charge is 2.31. The summed E-state index contributed by atoms with van der Waals surface area (Å²) in [6, 6.07) is 4.75. The summed E-state index contributed by atoms with van der Waals surface area (Å²) in [4.78, 5) is 12.7. The number of nitrogens with zero attached hydrogens (tertiary/aromatic N) is 1. The van der Waals surface area contributed by atoms with Crippen LogP contribution < -0.4 is 4.90 Å². The van der Waals surface area contributed by atoms with Gasteiger partial charge in [-0.05, 0) is 31.5 Å². The summed E-state index contributed by atoms with van der Waals surface area (Å²) in [5.41, 5.74) is 0.627. The molecule has 0 radical (unpaired) electrons. The molecule has 0 aromatic heterocycles. The average Bonchev–Trinajstić information content (AvgIpc) is 2.26. The molecule has 19 heavy (non-hydrogen) atoms. The molecule has 2 nitrogen and oxygen atoms in total. The summed E-state index contributed by atoms with van der Waals surface area (Å²) in [5.74, 6) is -0.245. The predicted molar refractivity (Wildman–Crippen MR) is 72.7 cm³/mol. The van der Waals surface area contributed by atoms with Crippen LogP contribution >= 0.6 is 15.9 Å². The van der Waals surface area contributed by atoms with Crippen molar-refractivity contribution < 1.29 is 18.0 Å². The third-order valence-electron chi connectivity index (χ3n) is 2.54. The maximum atomic E-state index is 12.6. The molecule has 0 saturated carbocycles.